The third-order valence-electron chi connectivity index (χ3n) is 4.52. The molecule has 4 rings (SSSR count). The van der Waals surface area contributed by atoms with Gasteiger partial charge in [0.1, 0.15) is 5.60 Å². The minimum atomic E-state index is -4.03. The van der Waals surface area contributed by atoms with Gasteiger partial charge in [-0.3, -0.25) is 0 Å². The van der Waals surface area contributed by atoms with Gasteiger partial charge in [0.2, 0.25) is 0 Å². The monoisotopic (exact) mass is 274 g/mol. The number of rotatable bonds is 2. The van der Waals surface area contributed by atoms with Gasteiger partial charge < -0.3 is 4.74 Å². The summed E-state index contributed by atoms with van der Waals surface area (Å²) in [5.41, 5.74) is -0.441. The first-order valence-electron chi connectivity index (χ1n) is 6.37. The maximum atomic E-state index is 11.6. The van der Waals surface area contributed by atoms with E-state index in [1.165, 1.54) is 19.3 Å². The summed E-state index contributed by atoms with van der Waals surface area (Å²) in [5.74, 6) is 1.91. The summed E-state index contributed by atoms with van der Waals surface area (Å²) in [6.45, 7) is 0. The van der Waals surface area contributed by atoms with Crippen LogP contribution in [0.5, 0.6) is 0 Å². The van der Waals surface area contributed by atoms with Gasteiger partial charge >= 0.3 is 16.3 Å². The van der Waals surface area contributed by atoms with Crippen molar-refractivity contribution in [1.29, 1.82) is 0 Å². The Kier molecular flexibility index (Phi) is 2.60. The van der Waals surface area contributed by atoms with Gasteiger partial charge in [-0.2, -0.15) is 8.42 Å². The topological polar surface area (TPSA) is 98.5 Å². The number of nitrogens with two attached hydrogens (primary N) is 1. The molecule has 18 heavy (non-hydrogen) atoms. The van der Waals surface area contributed by atoms with E-state index in [1.54, 1.807) is 4.72 Å². The fourth-order valence-electron chi connectivity index (χ4n) is 4.49. The molecule has 102 valence electrons. The van der Waals surface area contributed by atoms with Gasteiger partial charge in [0.05, 0.1) is 0 Å². The molecule has 0 aromatic carbocycles. The Bertz CT molecular complexity index is 438. The van der Waals surface area contributed by atoms with Gasteiger partial charge in [0.15, 0.2) is 0 Å². The molecule has 0 atom stereocenters. The van der Waals surface area contributed by atoms with Crippen molar-refractivity contribution in [1.82, 2.24) is 4.72 Å². The van der Waals surface area contributed by atoms with Crippen LogP contribution in [0.2, 0.25) is 0 Å². The standard InChI is InChI=1S/C11H18N2O4S/c12-18(15,16)13-10(14)17-11-4-7-1-8(5-11)3-9(2-7)6-11/h7-9H,1-6H2,(H,13,14)(H2,12,15,16). The molecule has 3 N–H and O–H groups in total. The number of carbonyl (C=O) groups excluding carboxylic acids is 1. The van der Waals surface area contributed by atoms with Crippen molar-refractivity contribution in [2.45, 2.75) is 44.1 Å². The van der Waals surface area contributed by atoms with Crippen LogP contribution in [0.1, 0.15) is 38.5 Å². The van der Waals surface area contributed by atoms with Crippen LogP contribution in [0.25, 0.3) is 0 Å². The molecule has 0 aromatic heterocycles. The lowest BCUT2D eigenvalue weighted by molar-refractivity contribution is -0.126. The van der Waals surface area contributed by atoms with E-state index in [1.807, 2.05) is 0 Å². The summed E-state index contributed by atoms with van der Waals surface area (Å²) >= 11 is 0. The van der Waals surface area contributed by atoms with Crippen LogP contribution in [-0.2, 0) is 14.9 Å². The first-order chi connectivity index (χ1) is 8.34. The highest BCUT2D eigenvalue weighted by molar-refractivity contribution is 7.87. The summed E-state index contributed by atoms with van der Waals surface area (Å²) in [6, 6.07) is 0. The van der Waals surface area contributed by atoms with E-state index >= 15 is 0 Å². The lowest BCUT2D eigenvalue weighted by atomic mass is 9.54. The zero-order valence-corrected chi connectivity index (χ0v) is 10.9. The molecule has 0 spiro atoms. The number of ether oxygens (including phenoxy) is 1. The maximum Gasteiger partial charge on any atom is 0.422 e. The largest absolute Gasteiger partial charge is 0.442 e. The van der Waals surface area contributed by atoms with Crippen molar-refractivity contribution in [2.24, 2.45) is 22.9 Å². The van der Waals surface area contributed by atoms with E-state index in [0.717, 1.165) is 19.3 Å². The number of nitrogens with one attached hydrogen (secondary N) is 1. The molecule has 4 bridgehead atoms. The van der Waals surface area contributed by atoms with Crippen molar-refractivity contribution in [3.63, 3.8) is 0 Å². The van der Waals surface area contributed by atoms with Crippen LogP contribution in [0.4, 0.5) is 4.79 Å². The molecule has 0 heterocycles. The van der Waals surface area contributed by atoms with Gasteiger partial charge in [-0.05, 0) is 56.3 Å². The highest BCUT2D eigenvalue weighted by Crippen LogP contribution is 2.57. The van der Waals surface area contributed by atoms with Gasteiger partial charge in [-0.15, -0.1) is 0 Å². The van der Waals surface area contributed by atoms with Crippen LogP contribution in [0.3, 0.4) is 0 Å². The van der Waals surface area contributed by atoms with Crippen molar-refractivity contribution in [2.75, 3.05) is 0 Å². The zero-order chi connectivity index (χ0) is 13.0. The third kappa shape index (κ3) is 2.33. The lowest BCUT2D eigenvalue weighted by Crippen LogP contribution is -2.54. The Balaban J connectivity index is 1.71. The molecule has 0 radical (unpaired) electrons. The smallest absolute Gasteiger partial charge is 0.422 e. The maximum absolute atomic E-state index is 11.6. The zero-order valence-electron chi connectivity index (χ0n) is 10.1. The molecular formula is C11H18N2O4S. The third-order valence-corrected chi connectivity index (χ3v) is 4.97. The van der Waals surface area contributed by atoms with Crippen molar-refractivity contribution in [3.8, 4) is 0 Å². The molecular weight excluding hydrogens is 256 g/mol. The fourth-order valence-corrected chi connectivity index (χ4v) is 4.76. The molecule has 1 amide bonds. The van der Waals surface area contributed by atoms with Gasteiger partial charge in [-0.1, -0.05) is 0 Å². The van der Waals surface area contributed by atoms with E-state index < -0.39 is 21.9 Å². The Morgan fingerprint density at radius 1 is 1.11 bits per heavy atom. The minimum absolute atomic E-state index is 0.441. The van der Waals surface area contributed by atoms with Crippen LogP contribution in [-0.4, -0.2) is 20.1 Å². The van der Waals surface area contributed by atoms with Crippen LogP contribution >= 0.6 is 0 Å². The second-order valence-corrected chi connectivity index (χ2v) is 7.43. The quantitative estimate of drug-likeness (QED) is 0.781. The molecule has 4 aliphatic rings. The fraction of sp³-hybridized carbons (Fsp3) is 0.909. The molecule has 4 aliphatic carbocycles. The first kappa shape index (κ1) is 12.2. The second kappa shape index (κ2) is 3.84. The summed E-state index contributed by atoms with van der Waals surface area (Å²) in [6.07, 6.45) is 5.39. The summed E-state index contributed by atoms with van der Waals surface area (Å²) in [5, 5.41) is 4.76. The Morgan fingerprint density at radius 3 is 1.94 bits per heavy atom. The van der Waals surface area contributed by atoms with Crippen molar-refractivity contribution in [3.05, 3.63) is 0 Å². The van der Waals surface area contributed by atoms with E-state index in [4.69, 9.17) is 9.88 Å². The predicted molar refractivity (Wildman–Crippen MR) is 63.6 cm³/mol. The molecule has 7 heteroatoms. The predicted octanol–water partition coefficient (Wildman–Crippen LogP) is 0.885. The molecule has 4 saturated carbocycles. The number of carbonyl (C=O) groups is 1. The van der Waals surface area contributed by atoms with Crippen LogP contribution in [0, 0.1) is 17.8 Å². The minimum Gasteiger partial charge on any atom is -0.442 e. The first-order valence-corrected chi connectivity index (χ1v) is 7.92. The van der Waals surface area contributed by atoms with Crippen molar-refractivity contribution < 1.29 is 17.9 Å². The van der Waals surface area contributed by atoms with E-state index in [2.05, 4.69) is 0 Å². The average Bonchev–Trinajstić information content (AvgIpc) is 2.09. The number of amides is 1. The van der Waals surface area contributed by atoms with E-state index in [-0.39, 0.29) is 0 Å². The van der Waals surface area contributed by atoms with E-state index in [9.17, 15) is 13.2 Å². The SMILES string of the molecule is NS(=O)(=O)NC(=O)OC12CC3CC(CC(C3)C1)C2. The van der Waals surface area contributed by atoms with Gasteiger partial charge in [-0.25, -0.2) is 14.7 Å². The number of hydrogen-bond donors (Lipinski definition) is 2. The Morgan fingerprint density at radius 2 is 1.56 bits per heavy atom. The molecule has 0 saturated heterocycles. The normalized spacial score (nSPS) is 41.7. The van der Waals surface area contributed by atoms with Crippen molar-refractivity contribution >= 4 is 16.3 Å². The summed E-state index contributed by atoms with van der Waals surface area (Å²) in [7, 11) is -4.03. The highest BCUT2D eigenvalue weighted by Gasteiger charge is 2.53. The molecule has 0 unspecified atom stereocenters. The Labute approximate surface area is 106 Å². The van der Waals surface area contributed by atoms with Crippen LogP contribution in [0.15, 0.2) is 0 Å². The number of hydrogen-bond acceptors (Lipinski definition) is 4. The second-order valence-electron chi connectivity index (χ2n) is 6.14. The van der Waals surface area contributed by atoms with Gasteiger partial charge in [0.25, 0.3) is 0 Å². The van der Waals surface area contributed by atoms with E-state index in [0.29, 0.717) is 17.8 Å². The highest BCUT2D eigenvalue weighted by atomic mass is 32.2. The van der Waals surface area contributed by atoms with Gasteiger partial charge in [0, 0.05) is 0 Å². The summed E-state index contributed by atoms with van der Waals surface area (Å²) < 4.78 is 28.7. The average molecular weight is 274 g/mol. The molecule has 4 fully saturated rings. The molecule has 0 aliphatic heterocycles. The molecule has 0 aromatic rings. The van der Waals surface area contributed by atoms with Crippen LogP contribution < -0.4 is 9.86 Å². The molecule has 6 nitrogen and oxygen atoms in total. The lowest BCUT2D eigenvalue weighted by Gasteiger charge is -2.55. The Hall–Kier alpha value is -0.820. The summed E-state index contributed by atoms with van der Waals surface area (Å²) in [4.78, 5) is 11.6.